The molecular weight excluding hydrogens is 398 g/mol. The van der Waals surface area contributed by atoms with Crippen LogP contribution >= 0.6 is 0 Å². The molecule has 1 N–H and O–H groups in total. The monoisotopic (exact) mass is 437 g/mol. The fourth-order valence-corrected chi connectivity index (χ4v) is 4.23. The normalized spacial score (nSPS) is 11.3. The van der Waals surface area contributed by atoms with Gasteiger partial charge < -0.3 is 9.67 Å². The van der Waals surface area contributed by atoms with E-state index in [9.17, 15) is 9.59 Å². The zero-order valence-electron chi connectivity index (χ0n) is 20.0. The third-order valence-electron chi connectivity index (χ3n) is 6.07. The molecule has 0 atom stereocenters. The first-order valence-electron chi connectivity index (χ1n) is 12.1. The number of aromatic nitrogens is 1. The molecule has 0 radical (unpaired) electrons. The fourth-order valence-electron chi connectivity index (χ4n) is 4.23. The number of aryl methyl sites for hydroxylation is 1. The van der Waals surface area contributed by atoms with E-state index in [2.05, 4.69) is 17.7 Å². The summed E-state index contributed by atoms with van der Waals surface area (Å²) in [5.41, 5.74) is 4.93. The number of nitrogens with zero attached hydrogens (tertiary/aromatic N) is 1. The number of carboxylic acids is 1. The molecule has 0 amide bonds. The number of carbonyl (C=O) groups excluding carboxylic acids is 1. The molecule has 2 rings (SSSR count). The molecule has 0 aliphatic rings. The molecule has 0 spiro atoms. The van der Waals surface area contributed by atoms with Crippen LogP contribution in [-0.2, 0) is 11.3 Å². The molecule has 1 aromatic carbocycles. The smallest absolute Gasteiger partial charge is 0.328 e. The van der Waals surface area contributed by atoms with Gasteiger partial charge in [0.1, 0.15) is 0 Å². The lowest BCUT2D eigenvalue weighted by Gasteiger charge is -2.08. The molecule has 1 heterocycles. The summed E-state index contributed by atoms with van der Waals surface area (Å²) in [6.07, 6.45) is 16.7. The molecule has 0 bridgehead atoms. The highest BCUT2D eigenvalue weighted by Gasteiger charge is 2.16. The SMILES string of the molecule is CCCCCCCCCCCC(=O)c1c(C)cn(Cc2ccc(/C=C/C(=O)O)cc2)c1C. The van der Waals surface area contributed by atoms with Crippen LogP contribution in [0.2, 0.25) is 0 Å². The second-order valence-electron chi connectivity index (χ2n) is 8.82. The standard InChI is InChI=1S/C28H39NO3/c1-4-5-6-7-8-9-10-11-12-13-26(30)28-22(2)20-29(23(28)3)21-25-16-14-24(15-17-25)18-19-27(31)32/h14-20H,4-13,21H2,1-3H3,(H,31,32)/b19-18+. The Morgan fingerprint density at radius 3 is 2.09 bits per heavy atom. The molecule has 4 nitrogen and oxygen atoms in total. The van der Waals surface area contributed by atoms with Crippen molar-refractivity contribution in [2.75, 3.05) is 0 Å². The molecular formula is C28H39NO3. The number of hydrogen-bond acceptors (Lipinski definition) is 2. The molecule has 0 aliphatic carbocycles. The van der Waals surface area contributed by atoms with E-state index < -0.39 is 5.97 Å². The summed E-state index contributed by atoms with van der Waals surface area (Å²) in [5.74, 6) is -0.692. The first-order valence-corrected chi connectivity index (χ1v) is 12.1. The molecule has 0 unspecified atom stereocenters. The van der Waals surface area contributed by atoms with Crippen molar-refractivity contribution < 1.29 is 14.7 Å². The third kappa shape index (κ3) is 8.49. The molecule has 0 saturated heterocycles. The minimum Gasteiger partial charge on any atom is -0.478 e. The Morgan fingerprint density at radius 1 is 0.906 bits per heavy atom. The highest BCUT2D eigenvalue weighted by atomic mass is 16.4. The van der Waals surface area contributed by atoms with E-state index in [0.717, 1.165) is 46.9 Å². The number of benzene rings is 1. The molecule has 2 aromatic rings. The van der Waals surface area contributed by atoms with E-state index >= 15 is 0 Å². The van der Waals surface area contributed by atoms with Crippen LogP contribution in [0.1, 0.15) is 104 Å². The van der Waals surface area contributed by atoms with Gasteiger partial charge in [0.15, 0.2) is 5.78 Å². The summed E-state index contributed by atoms with van der Waals surface area (Å²) in [4.78, 5) is 23.5. The van der Waals surface area contributed by atoms with Crippen molar-refractivity contribution in [2.45, 2.75) is 91.5 Å². The predicted molar refractivity (Wildman–Crippen MR) is 132 cm³/mol. The topological polar surface area (TPSA) is 59.3 Å². The number of hydrogen-bond donors (Lipinski definition) is 1. The molecule has 174 valence electrons. The molecule has 4 heteroatoms. The molecule has 0 aliphatic heterocycles. The summed E-state index contributed by atoms with van der Waals surface area (Å²) in [7, 11) is 0. The van der Waals surface area contributed by atoms with E-state index in [1.165, 1.54) is 44.9 Å². The molecule has 32 heavy (non-hydrogen) atoms. The summed E-state index contributed by atoms with van der Waals surface area (Å²) in [6, 6.07) is 7.83. The van der Waals surface area contributed by atoms with Crippen LogP contribution in [0, 0.1) is 13.8 Å². The lowest BCUT2D eigenvalue weighted by Crippen LogP contribution is -2.05. The fraction of sp³-hybridized carbons (Fsp3) is 0.500. The van der Waals surface area contributed by atoms with Gasteiger partial charge in [-0.05, 0) is 43.0 Å². The number of Topliss-reactive ketones (excluding diaryl/α,β-unsaturated/α-hetero) is 1. The van der Waals surface area contributed by atoms with Gasteiger partial charge >= 0.3 is 5.97 Å². The van der Waals surface area contributed by atoms with Gasteiger partial charge in [0.05, 0.1) is 0 Å². The largest absolute Gasteiger partial charge is 0.478 e. The summed E-state index contributed by atoms with van der Waals surface area (Å²) < 4.78 is 2.14. The first kappa shape index (κ1) is 25.6. The second kappa shape index (κ2) is 13.7. The Labute approximate surface area is 193 Å². The van der Waals surface area contributed by atoms with E-state index in [1.54, 1.807) is 6.08 Å². The second-order valence-corrected chi connectivity index (χ2v) is 8.82. The first-order chi connectivity index (χ1) is 15.4. The van der Waals surface area contributed by atoms with Crippen LogP contribution in [0.15, 0.2) is 36.5 Å². The Bertz CT molecular complexity index is 890. The number of ketones is 1. The van der Waals surface area contributed by atoms with Crippen molar-refractivity contribution >= 4 is 17.8 Å². The number of rotatable bonds is 15. The van der Waals surface area contributed by atoms with Gasteiger partial charge in [-0.15, -0.1) is 0 Å². The van der Waals surface area contributed by atoms with Crippen LogP contribution in [0.3, 0.4) is 0 Å². The molecule has 1 aromatic heterocycles. The van der Waals surface area contributed by atoms with Crippen LogP contribution in [0.4, 0.5) is 0 Å². The third-order valence-corrected chi connectivity index (χ3v) is 6.07. The van der Waals surface area contributed by atoms with Gasteiger partial charge in [-0.1, -0.05) is 82.6 Å². The van der Waals surface area contributed by atoms with Gasteiger partial charge in [0, 0.05) is 36.5 Å². The highest BCUT2D eigenvalue weighted by molar-refractivity contribution is 5.98. The van der Waals surface area contributed by atoms with E-state index in [0.29, 0.717) is 13.0 Å². The van der Waals surface area contributed by atoms with E-state index in [4.69, 9.17) is 5.11 Å². The zero-order chi connectivity index (χ0) is 23.3. The Balaban J connectivity index is 1.84. The van der Waals surface area contributed by atoms with Gasteiger partial charge in [0.25, 0.3) is 0 Å². The average molecular weight is 438 g/mol. The maximum atomic E-state index is 12.9. The Morgan fingerprint density at radius 2 is 1.50 bits per heavy atom. The average Bonchev–Trinajstić information content (AvgIpc) is 3.04. The van der Waals surface area contributed by atoms with Gasteiger partial charge in [-0.2, -0.15) is 0 Å². The van der Waals surface area contributed by atoms with E-state index in [-0.39, 0.29) is 5.78 Å². The van der Waals surface area contributed by atoms with Crippen molar-refractivity contribution in [3.63, 3.8) is 0 Å². The van der Waals surface area contributed by atoms with E-state index in [1.807, 2.05) is 38.1 Å². The van der Waals surface area contributed by atoms with Gasteiger partial charge in [-0.25, -0.2) is 4.79 Å². The summed E-state index contributed by atoms with van der Waals surface area (Å²) in [6.45, 7) is 6.99. The van der Waals surface area contributed by atoms with Crippen molar-refractivity contribution in [2.24, 2.45) is 0 Å². The number of unbranched alkanes of at least 4 members (excludes halogenated alkanes) is 8. The zero-order valence-corrected chi connectivity index (χ0v) is 20.0. The minimum atomic E-state index is -0.952. The lowest BCUT2D eigenvalue weighted by molar-refractivity contribution is -0.131. The quantitative estimate of drug-likeness (QED) is 0.180. The van der Waals surface area contributed by atoms with Crippen molar-refractivity contribution in [3.05, 3.63) is 64.5 Å². The molecule has 0 fully saturated rings. The Hall–Kier alpha value is -2.62. The van der Waals surface area contributed by atoms with Crippen molar-refractivity contribution in [1.82, 2.24) is 4.57 Å². The van der Waals surface area contributed by atoms with Crippen LogP contribution in [0.25, 0.3) is 6.08 Å². The highest BCUT2D eigenvalue weighted by Crippen LogP contribution is 2.21. The number of aliphatic carboxylic acids is 1. The van der Waals surface area contributed by atoms with Gasteiger partial charge in [-0.3, -0.25) is 4.79 Å². The van der Waals surface area contributed by atoms with Crippen LogP contribution in [0.5, 0.6) is 0 Å². The number of carbonyl (C=O) groups is 2. The Kier molecular flexibility index (Phi) is 11.0. The van der Waals surface area contributed by atoms with Crippen molar-refractivity contribution in [3.8, 4) is 0 Å². The minimum absolute atomic E-state index is 0.260. The maximum absolute atomic E-state index is 12.9. The summed E-state index contributed by atoms with van der Waals surface area (Å²) >= 11 is 0. The predicted octanol–water partition coefficient (Wildman–Crippen LogP) is 7.35. The number of carboxylic acid groups (broad SMARTS) is 1. The lowest BCUT2D eigenvalue weighted by atomic mass is 10.0. The summed E-state index contributed by atoms with van der Waals surface area (Å²) in [5, 5.41) is 8.74. The van der Waals surface area contributed by atoms with Gasteiger partial charge in [0.2, 0.25) is 0 Å². The van der Waals surface area contributed by atoms with Crippen LogP contribution in [-0.4, -0.2) is 21.4 Å². The van der Waals surface area contributed by atoms with Crippen LogP contribution < -0.4 is 0 Å². The maximum Gasteiger partial charge on any atom is 0.328 e. The molecule has 0 saturated carbocycles. The van der Waals surface area contributed by atoms with Crippen molar-refractivity contribution in [1.29, 1.82) is 0 Å².